The van der Waals surface area contributed by atoms with E-state index in [1.54, 1.807) is 25.7 Å². The van der Waals surface area contributed by atoms with Crippen molar-refractivity contribution in [1.82, 2.24) is 0 Å². The van der Waals surface area contributed by atoms with Crippen molar-refractivity contribution in [3.05, 3.63) is 0 Å². The summed E-state index contributed by atoms with van der Waals surface area (Å²) in [6.07, 6.45) is 12.3. The van der Waals surface area contributed by atoms with Crippen LogP contribution in [0.5, 0.6) is 0 Å². The molecule has 0 N–H and O–H groups in total. The molecule has 0 amide bonds. The first kappa shape index (κ1) is 9.55. The SMILES string of the molecule is CC(C)CCC1CCCC2(CC2)C1. The molecule has 0 heterocycles. The van der Waals surface area contributed by atoms with Crippen molar-refractivity contribution in [2.45, 2.75) is 65.2 Å². The number of hydrogen-bond acceptors (Lipinski definition) is 0. The Bertz CT molecular complexity index is 165. The van der Waals surface area contributed by atoms with Crippen LogP contribution in [-0.2, 0) is 0 Å². The molecule has 0 bridgehead atoms. The molecule has 76 valence electrons. The molecule has 0 aromatic carbocycles. The lowest BCUT2D eigenvalue weighted by molar-refractivity contribution is 0.227. The highest BCUT2D eigenvalue weighted by Gasteiger charge is 2.45. The topological polar surface area (TPSA) is 0 Å². The van der Waals surface area contributed by atoms with E-state index in [9.17, 15) is 0 Å². The van der Waals surface area contributed by atoms with Crippen molar-refractivity contribution in [1.29, 1.82) is 0 Å². The van der Waals surface area contributed by atoms with Crippen molar-refractivity contribution < 1.29 is 0 Å². The van der Waals surface area contributed by atoms with E-state index in [-0.39, 0.29) is 0 Å². The first-order valence-corrected chi connectivity index (χ1v) is 6.20. The monoisotopic (exact) mass is 180 g/mol. The molecule has 0 saturated heterocycles. The van der Waals surface area contributed by atoms with E-state index in [1.165, 1.54) is 25.7 Å². The molecule has 2 saturated carbocycles. The second-order valence-electron chi connectivity index (χ2n) is 5.93. The maximum atomic E-state index is 2.36. The van der Waals surface area contributed by atoms with Gasteiger partial charge in [-0.15, -0.1) is 0 Å². The zero-order valence-corrected chi connectivity index (χ0v) is 9.31. The van der Waals surface area contributed by atoms with Gasteiger partial charge in [-0.3, -0.25) is 0 Å². The molecule has 0 radical (unpaired) electrons. The van der Waals surface area contributed by atoms with Crippen LogP contribution in [0.4, 0.5) is 0 Å². The smallest absolute Gasteiger partial charge is 0.0294 e. The van der Waals surface area contributed by atoms with Crippen LogP contribution in [0.15, 0.2) is 0 Å². The van der Waals surface area contributed by atoms with Gasteiger partial charge < -0.3 is 0 Å². The molecule has 0 aliphatic heterocycles. The minimum absolute atomic E-state index is 0.889. The van der Waals surface area contributed by atoms with E-state index < -0.39 is 0 Å². The second kappa shape index (κ2) is 3.63. The van der Waals surface area contributed by atoms with Gasteiger partial charge in [-0.05, 0) is 42.9 Å². The largest absolute Gasteiger partial charge is 0.0628 e. The van der Waals surface area contributed by atoms with Gasteiger partial charge in [-0.2, -0.15) is 0 Å². The van der Waals surface area contributed by atoms with Crippen LogP contribution < -0.4 is 0 Å². The fraction of sp³-hybridized carbons (Fsp3) is 1.00. The lowest BCUT2D eigenvalue weighted by atomic mass is 9.76. The molecule has 0 nitrogen and oxygen atoms in total. The summed E-state index contributed by atoms with van der Waals surface area (Å²) in [6.45, 7) is 4.71. The molecule has 2 rings (SSSR count). The Hall–Kier alpha value is 0. The molecule has 2 aliphatic carbocycles. The van der Waals surface area contributed by atoms with Gasteiger partial charge in [0, 0.05) is 0 Å². The summed E-state index contributed by atoms with van der Waals surface area (Å²) in [5.41, 5.74) is 0.889. The normalized spacial score (nSPS) is 31.2. The zero-order chi connectivity index (χ0) is 9.31. The quantitative estimate of drug-likeness (QED) is 0.604. The van der Waals surface area contributed by atoms with Crippen molar-refractivity contribution in [3.63, 3.8) is 0 Å². The Morgan fingerprint density at radius 3 is 2.62 bits per heavy atom. The van der Waals surface area contributed by atoms with Gasteiger partial charge in [-0.25, -0.2) is 0 Å². The minimum Gasteiger partial charge on any atom is -0.0628 e. The third-order valence-electron chi connectivity index (χ3n) is 4.15. The maximum Gasteiger partial charge on any atom is -0.0294 e. The van der Waals surface area contributed by atoms with Gasteiger partial charge in [0.2, 0.25) is 0 Å². The predicted molar refractivity (Wildman–Crippen MR) is 57.7 cm³/mol. The van der Waals surface area contributed by atoms with E-state index in [0.29, 0.717) is 0 Å². The van der Waals surface area contributed by atoms with E-state index in [2.05, 4.69) is 13.8 Å². The predicted octanol–water partition coefficient (Wildman–Crippen LogP) is 4.39. The summed E-state index contributed by atoms with van der Waals surface area (Å²) >= 11 is 0. The van der Waals surface area contributed by atoms with Gasteiger partial charge in [0.15, 0.2) is 0 Å². The Morgan fingerprint density at radius 2 is 2.00 bits per heavy atom. The Kier molecular flexibility index (Phi) is 2.67. The molecular formula is C13H24. The van der Waals surface area contributed by atoms with Crippen LogP contribution in [0.25, 0.3) is 0 Å². The molecule has 1 spiro atoms. The van der Waals surface area contributed by atoms with Crippen LogP contribution in [0.1, 0.15) is 65.2 Å². The van der Waals surface area contributed by atoms with Crippen molar-refractivity contribution in [2.75, 3.05) is 0 Å². The molecular weight excluding hydrogens is 156 g/mol. The summed E-state index contributed by atoms with van der Waals surface area (Å²) in [7, 11) is 0. The van der Waals surface area contributed by atoms with Gasteiger partial charge in [0.25, 0.3) is 0 Å². The van der Waals surface area contributed by atoms with Crippen LogP contribution >= 0.6 is 0 Å². The van der Waals surface area contributed by atoms with Crippen LogP contribution in [-0.4, -0.2) is 0 Å². The Labute approximate surface area is 83.1 Å². The highest BCUT2D eigenvalue weighted by Crippen LogP contribution is 2.58. The number of rotatable bonds is 3. The van der Waals surface area contributed by atoms with E-state index in [1.807, 2.05) is 0 Å². The van der Waals surface area contributed by atoms with Crippen LogP contribution in [0.3, 0.4) is 0 Å². The molecule has 0 heteroatoms. The third-order valence-corrected chi connectivity index (χ3v) is 4.15. The molecule has 1 unspecified atom stereocenters. The minimum atomic E-state index is 0.889. The van der Waals surface area contributed by atoms with E-state index >= 15 is 0 Å². The lowest BCUT2D eigenvalue weighted by Crippen LogP contribution is -2.16. The molecule has 2 aliphatic rings. The van der Waals surface area contributed by atoms with Gasteiger partial charge in [-0.1, -0.05) is 39.5 Å². The molecule has 2 fully saturated rings. The summed E-state index contributed by atoms with van der Waals surface area (Å²) in [6, 6.07) is 0. The fourth-order valence-corrected chi connectivity index (χ4v) is 3.03. The Morgan fingerprint density at radius 1 is 1.23 bits per heavy atom. The third kappa shape index (κ3) is 2.48. The Balaban J connectivity index is 1.73. The standard InChI is InChI=1S/C13H24/c1-11(2)5-6-12-4-3-7-13(10-12)8-9-13/h11-12H,3-10H2,1-2H3. The van der Waals surface area contributed by atoms with Crippen molar-refractivity contribution in [3.8, 4) is 0 Å². The molecule has 0 aromatic rings. The van der Waals surface area contributed by atoms with Crippen molar-refractivity contribution >= 4 is 0 Å². The van der Waals surface area contributed by atoms with Crippen LogP contribution in [0, 0.1) is 17.3 Å². The highest BCUT2D eigenvalue weighted by atomic mass is 14.5. The first-order valence-electron chi connectivity index (χ1n) is 6.20. The molecule has 13 heavy (non-hydrogen) atoms. The van der Waals surface area contributed by atoms with Crippen molar-refractivity contribution in [2.24, 2.45) is 17.3 Å². The fourth-order valence-electron chi connectivity index (χ4n) is 3.03. The summed E-state index contributed by atoms with van der Waals surface area (Å²) in [5.74, 6) is 2.01. The van der Waals surface area contributed by atoms with Gasteiger partial charge in [0.05, 0.1) is 0 Å². The van der Waals surface area contributed by atoms with Gasteiger partial charge in [0.1, 0.15) is 0 Å². The summed E-state index contributed by atoms with van der Waals surface area (Å²) < 4.78 is 0. The van der Waals surface area contributed by atoms with Gasteiger partial charge >= 0.3 is 0 Å². The second-order valence-corrected chi connectivity index (χ2v) is 5.93. The summed E-state index contributed by atoms with van der Waals surface area (Å²) in [4.78, 5) is 0. The lowest BCUT2D eigenvalue weighted by Gasteiger charge is -2.29. The zero-order valence-electron chi connectivity index (χ0n) is 9.31. The maximum absolute atomic E-state index is 2.36. The van der Waals surface area contributed by atoms with E-state index in [4.69, 9.17) is 0 Å². The molecule has 0 aromatic heterocycles. The molecule has 1 atom stereocenters. The first-order chi connectivity index (χ1) is 6.20. The van der Waals surface area contributed by atoms with E-state index in [0.717, 1.165) is 17.3 Å². The number of hydrogen-bond donors (Lipinski definition) is 0. The highest BCUT2D eigenvalue weighted by molar-refractivity contribution is 4.96. The van der Waals surface area contributed by atoms with Crippen LogP contribution in [0.2, 0.25) is 0 Å². The summed E-state index contributed by atoms with van der Waals surface area (Å²) in [5, 5.41) is 0. The average Bonchev–Trinajstić information content (AvgIpc) is 2.82. The average molecular weight is 180 g/mol.